The van der Waals surface area contributed by atoms with Crippen molar-refractivity contribution < 1.29 is 9.47 Å². The Labute approximate surface area is 185 Å². The molecule has 0 bridgehead atoms. The fourth-order valence-corrected chi connectivity index (χ4v) is 3.87. The molecule has 0 aliphatic heterocycles. The van der Waals surface area contributed by atoms with Crippen LogP contribution in [0.2, 0.25) is 0 Å². The number of nitrogens with one attached hydrogen (secondary N) is 2. The van der Waals surface area contributed by atoms with Gasteiger partial charge in [0.2, 0.25) is 0 Å². The van der Waals surface area contributed by atoms with E-state index in [1.54, 1.807) is 14.2 Å². The molecule has 2 N–H and O–H groups in total. The van der Waals surface area contributed by atoms with Gasteiger partial charge in [0, 0.05) is 22.3 Å². The molecule has 2 aromatic heterocycles. The van der Waals surface area contributed by atoms with E-state index in [-0.39, 0.29) is 0 Å². The fraction of sp³-hybridized carbons (Fsp3) is 0.0769. The Morgan fingerprint density at radius 3 is 1.34 bits per heavy atom. The topological polar surface area (TPSA) is 75.8 Å². The lowest BCUT2D eigenvalue weighted by molar-refractivity contribution is 0.418. The monoisotopic (exact) mass is 422 g/mol. The first-order chi connectivity index (χ1) is 15.8. The Morgan fingerprint density at radius 2 is 0.938 bits per heavy atom. The molecule has 32 heavy (non-hydrogen) atoms. The summed E-state index contributed by atoms with van der Waals surface area (Å²) in [4.78, 5) is 0. The van der Waals surface area contributed by atoms with Crippen LogP contribution in [0.15, 0.2) is 84.9 Å². The van der Waals surface area contributed by atoms with Crippen LogP contribution in [-0.2, 0) is 0 Å². The minimum Gasteiger partial charge on any atom is -0.492 e. The molecule has 0 aliphatic rings. The Balaban J connectivity index is 1.58. The van der Waals surface area contributed by atoms with Gasteiger partial charge in [0.1, 0.15) is 22.8 Å². The van der Waals surface area contributed by atoms with Crippen LogP contribution in [-0.4, -0.2) is 34.6 Å². The average Bonchev–Trinajstić information content (AvgIpc) is 3.49. The maximum Gasteiger partial charge on any atom is 0.172 e. The lowest BCUT2D eigenvalue weighted by Crippen LogP contribution is -1.90. The van der Waals surface area contributed by atoms with Crippen molar-refractivity contribution in [3.8, 4) is 56.5 Å². The molecule has 0 saturated heterocycles. The van der Waals surface area contributed by atoms with E-state index in [1.165, 1.54) is 0 Å². The molecule has 0 unspecified atom stereocenters. The van der Waals surface area contributed by atoms with E-state index in [1.807, 2.05) is 84.9 Å². The first-order valence-corrected chi connectivity index (χ1v) is 10.3. The molecule has 0 amide bonds. The van der Waals surface area contributed by atoms with Gasteiger partial charge < -0.3 is 9.47 Å². The fourth-order valence-electron chi connectivity index (χ4n) is 3.87. The van der Waals surface area contributed by atoms with Gasteiger partial charge in [-0.2, -0.15) is 10.2 Å². The third kappa shape index (κ3) is 3.41. The molecule has 0 aliphatic carbocycles. The summed E-state index contributed by atoms with van der Waals surface area (Å²) in [6, 6.07) is 28.1. The molecule has 6 nitrogen and oxygen atoms in total. The number of methoxy groups -OCH3 is 2. The SMILES string of the molecule is COc1c(-c2cccc(-c3n[nH]c(-c4ccccc4)c3OC)c2)n[nH]c1-c1ccccc1. The third-order valence-corrected chi connectivity index (χ3v) is 5.39. The van der Waals surface area contributed by atoms with Gasteiger partial charge in [-0.25, -0.2) is 0 Å². The highest BCUT2D eigenvalue weighted by Gasteiger charge is 2.20. The number of aromatic amines is 2. The number of H-pyrrole nitrogens is 2. The van der Waals surface area contributed by atoms with E-state index in [9.17, 15) is 0 Å². The number of ether oxygens (including phenoxy) is 2. The lowest BCUT2D eigenvalue weighted by atomic mass is 10.0. The van der Waals surface area contributed by atoms with Crippen LogP contribution in [0.1, 0.15) is 0 Å². The van der Waals surface area contributed by atoms with E-state index in [0.29, 0.717) is 11.5 Å². The minimum atomic E-state index is 0.701. The largest absolute Gasteiger partial charge is 0.492 e. The van der Waals surface area contributed by atoms with Crippen LogP contribution in [0.3, 0.4) is 0 Å². The second-order valence-electron chi connectivity index (χ2n) is 7.27. The summed E-state index contributed by atoms with van der Waals surface area (Å²) in [6.07, 6.45) is 0. The predicted molar refractivity (Wildman–Crippen MR) is 126 cm³/mol. The molecule has 158 valence electrons. The van der Waals surface area contributed by atoms with Crippen molar-refractivity contribution in [3.63, 3.8) is 0 Å². The molecule has 0 atom stereocenters. The smallest absolute Gasteiger partial charge is 0.172 e. The lowest BCUT2D eigenvalue weighted by Gasteiger charge is -2.07. The van der Waals surface area contributed by atoms with Crippen molar-refractivity contribution in [1.29, 1.82) is 0 Å². The zero-order chi connectivity index (χ0) is 21.9. The normalized spacial score (nSPS) is 10.8. The van der Waals surface area contributed by atoms with Gasteiger partial charge >= 0.3 is 0 Å². The summed E-state index contributed by atoms with van der Waals surface area (Å²) in [6.45, 7) is 0. The van der Waals surface area contributed by atoms with Crippen LogP contribution in [0.25, 0.3) is 45.0 Å². The Hall–Kier alpha value is -4.32. The summed E-state index contributed by atoms with van der Waals surface area (Å²) in [5.74, 6) is 1.40. The number of nitrogens with zero attached hydrogens (tertiary/aromatic N) is 2. The maximum atomic E-state index is 5.74. The number of aromatic nitrogens is 4. The number of rotatable bonds is 6. The molecular formula is C26H22N4O2. The van der Waals surface area contributed by atoms with Gasteiger partial charge in [-0.05, 0) is 6.07 Å². The minimum absolute atomic E-state index is 0.701. The molecule has 0 saturated carbocycles. The molecule has 0 spiro atoms. The summed E-state index contributed by atoms with van der Waals surface area (Å²) in [7, 11) is 3.32. The second-order valence-corrected chi connectivity index (χ2v) is 7.27. The van der Waals surface area contributed by atoms with Gasteiger partial charge in [-0.15, -0.1) is 0 Å². The number of hydrogen-bond acceptors (Lipinski definition) is 4. The predicted octanol–water partition coefficient (Wildman–Crippen LogP) is 5.82. The Bertz CT molecular complexity index is 1240. The summed E-state index contributed by atoms with van der Waals surface area (Å²) >= 11 is 0. The van der Waals surface area contributed by atoms with Crippen LogP contribution in [0, 0.1) is 0 Å². The maximum absolute atomic E-state index is 5.74. The molecule has 0 fully saturated rings. The van der Waals surface area contributed by atoms with E-state index in [4.69, 9.17) is 9.47 Å². The highest BCUT2D eigenvalue weighted by atomic mass is 16.5. The number of hydrogen-bond donors (Lipinski definition) is 2. The standard InChI is InChI=1S/C26H22N4O2/c1-31-25-21(17-10-5-3-6-11-17)27-29-23(25)19-14-9-15-20(16-19)24-26(32-2)22(28-30-24)18-12-7-4-8-13-18/h3-16H,1-2H3,(H,27,29)(H,28,30). The Morgan fingerprint density at radius 1 is 0.531 bits per heavy atom. The van der Waals surface area contributed by atoms with Gasteiger partial charge in [0.25, 0.3) is 0 Å². The van der Waals surface area contributed by atoms with E-state index in [2.05, 4.69) is 20.4 Å². The highest BCUT2D eigenvalue weighted by Crippen LogP contribution is 2.40. The highest BCUT2D eigenvalue weighted by molar-refractivity contribution is 5.83. The number of benzene rings is 3. The van der Waals surface area contributed by atoms with Gasteiger partial charge in [-0.1, -0.05) is 78.9 Å². The van der Waals surface area contributed by atoms with E-state index >= 15 is 0 Å². The van der Waals surface area contributed by atoms with Crippen molar-refractivity contribution in [3.05, 3.63) is 84.9 Å². The van der Waals surface area contributed by atoms with Crippen LogP contribution >= 0.6 is 0 Å². The zero-order valence-corrected chi connectivity index (χ0v) is 17.8. The average molecular weight is 422 g/mol. The van der Waals surface area contributed by atoms with E-state index < -0.39 is 0 Å². The van der Waals surface area contributed by atoms with Gasteiger partial charge in [0.15, 0.2) is 11.5 Å². The third-order valence-electron chi connectivity index (χ3n) is 5.39. The summed E-state index contributed by atoms with van der Waals surface area (Å²) in [5.41, 5.74) is 7.04. The van der Waals surface area contributed by atoms with Crippen LogP contribution < -0.4 is 9.47 Å². The van der Waals surface area contributed by atoms with Crippen LogP contribution in [0.5, 0.6) is 11.5 Å². The van der Waals surface area contributed by atoms with Gasteiger partial charge in [-0.3, -0.25) is 10.2 Å². The summed E-state index contributed by atoms with van der Waals surface area (Å²) in [5, 5.41) is 15.4. The Kier molecular flexibility index (Phi) is 5.17. The molecule has 6 heteroatoms. The van der Waals surface area contributed by atoms with E-state index in [0.717, 1.165) is 45.0 Å². The molecule has 0 radical (unpaired) electrons. The van der Waals surface area contributed by atoms with Gasteiger partial charge in [0.05, 0.1) is 14.2 Å². The quantitative estimate of drug-likeness (QED) is 0.362. The molecule has 5 aromatic rings. The second kappa shape index (κ2) is 8.43. The van der Waals surface area contributed by atoms with Crippen molar-refractivity contribution >= 4 is 0 Å². The molecule has 3 aromatic carbocycles. The van der Waals surface area contributed by atoms with Crippen molar-refractivity contribution in [2.24, 2.45) is 0 Å². The molecule has 2 heterocycles. The van der Waals surface area contributed by atoms with Crippen LogP contribution in [0.4, 0.5) is 0 Å². The summed E-state index contributed by atoms with van der Waals surface area (Å²) < 4.78 is 11.5. The molecule has 5 rings (SSSR count). The first kappa shape index (κ1) is 19.6. The van der Waals surface area contributed by atoms with Crippen molar-refractivity contribution in [1.82, 2.24) is 20.4 Å². The molecular weight excluding hydrogens is 400 g/mol. The zero-order valence-electron chi connectivity index (χ0n) is 17.8. The van der Waals surface area contributed by atoms with Crippen molar-refractivity contribution in [2.75, 3.05) is 14.2 Å². The van der Waals surface area contributed by atoms with Crippen molar-refractivity contribution in [2.45, 2.75) is 0 Å². The first-order valence-electron chi connectivity index (χ1n) is 10.3.